The summed E-state index contributed by atoms with van der Waals surface area (Å²) >= 11 is 0. The molecule has 8 heteroatoms. The van der Waals surface area contributed by atoms with Crippen molar-refractivity contribution in [3.63, 3.8) is 0 Å². The van der Waals surface area contributed by atoms with Crippen LogP contribution in [0.15, 0.2) is 141 Å². The second-order valence-corrected chi connectivity index (χ2v) is 10.5. The van der Waals surface area contributed by atoms with Gasteiger partial charge in [0.15, 0.2) is 11.4 Å². The Kier molecular flexibility index (Phi) is 7.64. The quantitative estimate of drug-likeness (QED) is 0.210. The fraction of sp³-hybridized carbons (Fsp3) is 0.111. The van der Waals surface area contributed by atoms with E-state index in [9.17, 15) is 9.59 Å². The van der Waals surface area contributed by atoms with Crippen LogP contribution in [0.5, 0.6) is 0 Å². The Bertz CT molecular complexity index is 1960. The first-order valence-corrected chi connectivity index (χ1v) is 14.3. The van der Waals surface area contributed by atoms with E-state index >= 15 is 0 Å². The molecule has 0 fully saturated rings. The Hall–Kier alpha value is -5.76. The molecule has 0 aliphatic carbocycles. The first-order chi connectivity index (χ1) is 21.4. The standard InChI is InChI=1S/C36H32N6O2/c1-25-31(35(43)41(39(25)3)29-21-13-7-14-22-29)37-33(27-17-9-5-10-18-27)34(28-19-11-6-12-20-28)38-32-26(2)40(4)42(36(32)44)30-23-15-8-16-24-30/h5-24H,1-4H3. The van der Waals surface area contributed by atoms with Crippen molar-refractivity contribution in [2.75, 3.05) is 0 Å². The molecular formula is C36H32N6O2. The maximum absolute atomic E-state index is 13.9. The number of aliphatic imine (C=N–C) groups is 2. The van der Waals surface area contributed by atoms with Crippen molar-refractivity contribution in [2.24, 2.45) is 24.1 Å². The lowest BCUT2D eigenvalue weighted by molar-refractivity contribution is 0.630. The summed E-state index contributed by atoms with van der Waals surface area (Å²) in [4.78, 5) is 38.0. The van der Waals surface area contributed by atoms with Gasteiger partial charge in [0.2, 0.25) is 0 Å². The van der Waals surface area contributed by atoms with Crippen molar-refractivity contribution < 1.29 is 0 Å². The topological polar surface area (TPSA) is 78.6 Å². The van der Waals surface area contributed by atoms with Crippen molar-refractivity contribution in [3.8, 4) is 11.4 Å². The van der Waals surface area contributed by atoms with E-state index in [0.29, 0.717) is 34.2 Å². The molecule has 0 unspecified atom stereocenters. The second kappa shape index (κ2) is 11.9. The van der Waals surface area contributed by atoms with Crippen molar-refractivity contribution in [1.82, 2.24) is 18.7 Å². The van der Waals surface area contributed by atoms with E-state index in [1.807, 2.05) is 149 Å². The van der Waals surface area contributed by atoms with Gasteiger partial charge in [0.25, 0.3) is 11.1 Å². The summed E-state index contributed by atoms with van der Waals surface area (Å²) in [6.45, 7) is 3.75. The summed E-state index contributed by atoms with van der Waals surface area (Å²) in [6.07, 6.45) is 0. The minimum atomic E-state index is -0.251. The fourth-order valence-corrected chi connectivity index (χ4v) is 5.29. The van der Waals surface area contributed by atoms with E-state index in [0.717, 1.165) is 22.5 Å². The van der Waals surface area contributed by atoms with Crippen molar-refractivity contribution in [2.45, 2.75) is 13.8 Å². The minimum Gasteiger partial charge on any atom is -0.283 e. The smallest absolute Gasteiger partial charge is 0.283 e. The van der Waals surface area contributed by atoms with Gasteiger partial charge in [-0.05, 0) is 38.1 Å². The third kappa shape index (κ3) is 5.07. The normalized spacial score (nSPS) is 12.1. The lowest BCUT2D eigenvalue weighted by atomic mass is 9.99. The van der Waals surface area contributed by atoms with Gasteiger partial charge in [0.05, 0.1) is 34.2 Å². The van der Waals surface area contributed by atoms with Crippen LogP contribution < -0.4 is 11.1 Å². The number of hydrogen-bond acceptors (Lipinski definition) is 4. The van der Waals surface area contributed by atoms with Crippen LogP contribution in [0.25, 0.3) is 11.4 Å². The highest BCUT2D eigenvalue weighted by Gasteiger charge is 2.23. The Morgan fingerprint density at radius 2 is 0.773 bits per heavy atom. The zero-order chi connectivity index (χ0) is 30.8. The van der Waals surface area contributed by atoms with Crippen LogP contribution in [-0.2, 0) is 14.1 Å². The molecule has 0 N–H and O–H groups in total. The molecule has 4 aromatic carbocycles. The van der Waals surface area contributed by atoms with Gasteiger partial charge in [-0.25, -0.2) is 19.3 Å². The predicted octanol–water partition coefficient (Wildman–Crippen LogP) is 6.22. The summed E-state index contributed by atoms with van der Waals surface area (Å²) in [5.41, 5.74) is 5.46. The van der Waals surface area contributed by atoms with Gasteiger partial charge in [0.1, 0.15) is 0 Å². The molecule has 6 rings (SSSR count). The number of hydrogen-bond donors (Lipinski definition) is 0. The van der Waals surface area contributed by atoms with Crippen LogP contribution in [0, 0.1) is 13.8 Å². The highest BCUT2D eigenvalue weighted by Crippen LogP contribution is 2.23. The molecule has 0 bridgehead atoms. The molecule has 0 atom stereocenters. The predicted molar refractivity (Wildman–Crippen MR) is 177 cm³/mol. The first-order valence-electron chi connectivity index (χ1n) is 14.3. The largest absolute Gasteiger partial charge is 0.297 e. The van der Waals surface area contributed by atoms with Gasteiger partial charge in [-0.1, -0.05) is 97.1 Å². The lowest BCUT2D eigenvalue weighted by Gasteiger charge is -2.11. The third-order valence-corrected chi connectivity index (χ3v) is 7.81. The maximum atomic E-state index is 13.9. The van der Waals surface area contributed by atoms with Gasteiger partial charge in [-0.2, -0.15) is 0 Å². The number of rotatable bonds is 7. The minimum absolute atomic E-state index is 0.251. The molecular weight excluding hydrogens is 548 g/mol. The zero-order valence-electron chi connectivity index (χ0n) is 25.0. The number of para-hydroxylation sites is 2. The second-order valence-electron chi connectivity index (χ2n) is 10.5. The summed E-state index contributed by atoms with van der Waals surface area (Å²) in [7, 11) is 3.69. The average molecular weight is 581 g/mol. The SMILES string of the molecule is Cc1c(N=C(C(=Nc2c(C)n(C)n(-c3ccccc3)c2=O)c2ccccc2)c2ccccc2)c(=O)n(-c2ccccc2)n1C. The summed E-state index contributed by atoms with van der Waals surface area (Å²) in [6, 6.07) is 38.2. The van der Waals surface area contributed by atoms with Gasteiger partial charge in [0, 0.05) is 25.2 Å². The zero-order valence-corrected chi connectivity index (χ0v) is 25.0. The molecule has 0 amide bonds. The van der Waals surface area contributed by atoms with Crippen molar-refractivity contribution in [3.05, 3.63) is 165 Å². The molecule has 0 aliphatic heterocycles. The van der Waals surface area contributed by atoms with Gasteiger partial charge >= 0.3 is 0 Å². The summed E-state index contributed by atoms with van der Waals surface area (Å²) in [5.74, 6) is 0. The molecule has 0 saturated heterocycles. The van der Waals surface area contributed by atoms with E-state index in [2.05, 4.69) is 0 Å². The van der Waals surface area contributed by atoms with Crippen molar-refractivity contribution in [1.29, 1.82) is 0 Å². The average Bonchev–Trinajstić information content (AvgIpc) is 3.41. The van der Waals surface area contributed by atoms with Crippen LogP contribution in [0.4, 0.5) is 11.4 Å². The van der Waals surface area contributed by atoms with Crippen molar-refractivity contribution >= 4 is 22.8 Å². The molecule has 6 aromatic rings. The molecule has 0 spiro atoms. The van der Waals surface area contributed by atoms with Gasteiger partial charge in [-0.15, -0.1) is 0 Å². The van der Waals surface area contributed by atoms with E-state index in [-0.39, 0.29) is 11.1 Å². The van der Waals surface area contributed by atoms with Crippen LogP contribution in [0.1, 0.15) is 22.5 Å². The van der Waals surface area contributed by atoms with Crippen LogP contribution in [0.2, 0.25) is 0 Å². The maximum Gasteiger partial charge on any atom is 0.297 e. The van der Waals surface area contributed by atoms with E-state index < -0.39 is 0 Å². The Morgan fingerprint density at radius 1 is 0.477 bits per heavy atom. The molecule has 44 heavy (non-hydrogen) atoms. The fourth-order valence-electron chi connectivity index (χ4n) is 5.29. The molecule has 0 aliphatic rings. The monoisotopic (exact) mass is 580 g/mol. The summed E-state index contributed by atoms with van der Waals surface area (Å²) in [5, 5.41) is 0. The number of nitrogens with zero attached hydrogens (tertiary/aromatic N) is 6. The van der Waals surface area contributed by atoms with Crippen LogP contribution in [0.3, 0.4) is 0 Å². The molecule has 0 saturated carbocycles. The Labute approximate surface area is 255 Å². The molecule has 2 aromatic heterocycles. The Balaban J connectivity index is 1.65. The first kappa shape index (κ1) is 28.4. The highest BCUT2D eigenvalue weighted by atomic mass is 16.1. The Morgan fingerprint density at radius 3 is 1.09 bits per heavy atom. The van der Waals surface area contributed by atoms with Gasteiger partial charge < -0.3 is 0 Å². The summed E-state index contributed by atoms with van der Waals surface area (Å²) < 4.78 is 6.82. The third-order valence-electron chi connectivity index (χ3n) is 7.81. The number of aromatic nitrogens is 4. The van der Waals surface area contributed by atoms with E-state index in [4.69, 9.17) is 9.98 Å². The molecule has 8 nitrogen and oxygen atoms in total. The highest BCUT2D eigenvalue weighted by molar-refractivity contribution is 6.54. The van der Waals surface area contributed by atoms with Crippen LogP contribution in [-0.4, -0.2) is 30.2 Å². The molecule has 0 radical (unpaired) electrons. The van der Waals surface area contributed by atoms with Gasteiger partial charge in [-0.3, -0.25) is 19.0 Å². The van der Waals surface area contributed by atoms with E-state index in [1.54, 1.807) is 18.7 Å². The molecule has 2 heterocycles. The lowest BCUT2D eigenvalue weighted by Crippen LogP contribution is -2.21. The van der Waals surface area contributed by atoms with Crippen LogP contribution >= 0.6 is 0 Å². The number of benzene rings is 4. The molecule has 218 valence electrons. The van der Waals surface area contributed by atoms with E-state index in [1.165, 1.54) is 0 Å².